The zero-order valence-electron chi connectivity index (χ0n) is 14.0. The Labute approximate surface area is 145 Å². The van der Waals surface area contributed by atoms with Crippen LogP contribution in [0.2, 0.25) is 0 Å². The summed E-state index contributed by atoms with van der Waals surface area (Å²) in [6.07, 6.45) is 3.00. The summed E-state index contributed by atoms with van der Waals surface area (Å²) in [6, 6.07) is 9.60. The maximum Gasteiger partial charge on any atom is 0.308 e. The summed E-state index contributed by atoms with van der Waals surface area (Å²) in [5, 5.41) is 1.90. The van der Waals surface area contributed by atoms with Gasteiger partial charge in [0.25, 0.3) is 0 Å². The van der Waals surface area contributed by atoms with Gasteiger partial charge in [0.1, 0.15) is 12.0 Å². The third-order valence-electron chi connectivity index (χ3n) is 5.21. The topological polar surface area (TPSA) is 63.7 Å². The highest BCUT2D eigenvalue weighted by Crippen LogP contribution is 2.42. The van der Waals surface area contributed by atoms with Crippen molar-refractivity contribution in [3.05, 3.63) is 35.9 Å². The zero-order valence-corrected chi connectivity index (χ0v) is 14.0. The lowest BCUT2D eigenvalue weighted by atomic mass is 9.75. The molecule has 4 rings (SSSR count). The Morgan fingerprint density at radius 2 is 1.92 bits per heavy atom. The first kappa shape index (κ1) is 15.8. The summed E-state index contributed by atoms with van der Waals surface area (Å²) in [6.45, 7) is 2.00. The lowest BCUT2D eigenvalue weighted by molar-refractivity contribution is -0.132. The van der Waals surface area contributed by atoms with Crippen LogP contribution in [0.3, 0.4) is 0 Å². The highest BCUT2D eigenvalue weighted by Gasteiger charge is 2.39. The fourth-order valence-electron chi connectivity index (χ4n) is 3.90. The molecule has 0 atom stereocenters. The van der Waals surface area contributed by atoms with Crippen molar-refractivity contribution in [1.82, 2.24) is 0 Å². The Morgan fingerprint density at radius 1 is 1.20 bits per heavy atom. The largest absolute Gasteiger partial charge is 0.426 e. The average Bonchev–Trinajstić information content (AvgIpc) is 2.97. The highest BCUT2D eigenvalue weighted by molar-refractivity contribution is 6.04. The molecule has 25 heavy (non-hydrogen) atoms. The first-order chi connectivity index (χ1) is 12.1. The first-order valence-electron chi connectivity index (χ1n) is 8.58. The van der Waals surface area contributed by atoms with Gasteiger partial charge in [-0.3, -0.25) is 9.59 Å². The van der Waals surface area contributed by atoms with Crippen LogP contribution in [0.15, 0.2) is 30.3 Å². The molecular weight excluding hydrogens is 318 g/mol. The quantitative estimate of drug-likeness (QED) is 0.491. The van der Waals surface area contributed by atoms with Gasteiger partial charge in [0, 0.05) is 36.8 Å². The molecule has 1 amide bonds. The lowest BCUT2D eigenvalue weighted by Gasteiger charge is -2.33. The first-order valence-corrected chi connectivity index (χ1v) is 8.58. The van der Waals surface area contributed by atoms with E-state index in [1.54, 1.807) is 11.0 Å². The van der Waals surface area contributed by atoms with E-state index in [-0.39, 0.29) is 23.7 Å². The van der Waals surface area contributed by atoms with Crippen LogP contribution in [-0.4, -0.2) is 24.7 Å². The SMILES string of the molecule is CC(=O)Oc1cc2c(c3ccccc13)CCN2C(=O)C1CC(C=O)C1. The molecule has 1 saturated carbocycles. The molecule has 0 radical (unpaired) electrons. The number of rotatable bonds is 3. The van der Waals surface area contributed by atoms with E-state index in [1.807, 2.05) is 24.3 Å². The Morgan fingerprint density at radius 3 is 2.60 bits per heavy atom. The van der Waals surface area contributed by atoms with Crippen molar-refractivity contribution in [1.29, 1.82) is 0 Å². The van der Waals surface area contributed by atoms with Crippen molar-refractivity contribution < 1.29 is 19.1 Å². The van der Waals surface area contributed by atoms with Crippen LogP contribution in [0.1, 0.15) is 25.3 Å². The van der Waals surface area contributed by atoms with Crippen LogP contribution in [0, 0.1) is 11.8 Å². The third kappa shape index (κ3) is 2.60. The lowest BCUT2D eigenvalue weighted by Crippen LogP contribution is -2.41. The van der Waals surface area contributed by atoms with E-state index in [0.717, 1.165) is 34.7 Å². The summed E-state index contributed by atoms with van der Waals surface area (Å²) in [7, 11) is 0. The molecule has 2 aromatic rings. The van der Waals surface area contributed by atoms with Crippen LogP contribution >= 0.6 is 0 Å². The number of nitrogens with zero attached hydrogens (tertiary/aromatic N) is 1. The fourth-order valence-corrected chi connectivity index (χ4v) is 3.90. The van der Waals surface area contributed by atoms with E-state index in [2.05, 4.69) is 0 Å². The van der Waals surface area contributed by atoms with Gasteiger partial charge < -0.3 is 14.4 Å². The van der Waals surface area contributed by atoms with Gasteiger partial charge in [-0.2, -0.15) is 0 Å². The maximum absolute atomic E-state index is 12.8. The van der Waals surface area contributed by atoms with E-state index in [9.17, 15) is 14.4 Å². The summed E-state index contributed by atoms with van der Waals surface area (Å²) in [5.74, 6) is 0.115. The number of carbonyl (C=O) groups is 3. The molecule has 5 nitrogen and oxygen atoms in total. The summed E-state index contributed by atoms with van der Waals surface area (Å²) in [4.78, 5) is 36.9. The van der Waals surface area contributed by atoms with Crippen LogP contribution < -0.4 is 9.64 Å². The molecular formula is C20H19NO4. The second-order valence-electron chi connectivity index (χ2n) is 6.82. The number of amides is 1. The monoisotopic (exact) mass is 337 g/mol. The minimum Gasteiger partial charge on any atom is -0.426 e. The molecule has 2 aliphatic rings. The number of hydrogen-bond donors (Lipinski definition) is 0. The third-order valence-corrected chi connectivity index (χ3v) is 5.21. The predicted molar refractivity (Wildman–Crippen MR) is 93.6 cm³/mol. The van der Waals surface area contributed by atoms with Crippen molar-refractivity contribution in [2.24, 2.45) is 11.8 Å². The van der Waals surface area contributed by atoms with E-state index in [0.29, 0.717) is 25.1 Å². The van der Waals surface area contributed by atoms with Gasteiger partial charge in [-0.25, -0.2) is 0 Å². The Hall–Kier alpha value is -2.69. The zero-order chi connectivity index (χ0) is 17.6. The molecule has 0 bridgehead atoms. The molecule has 0 spiro atoms. The van der Waals surface area contributed by atoms with Crippen LogP contribution in [-0.2, 0) is 20.8 Å². The van der Waals surface area contributed by atoms with Crippen molar-refractivity contribution in [2.45, 2.75) is 26.2 Å². The number of hydrogen-bond acceptors (Lipinski definition) is 4. The molecule has 5 heteroatoms. The number of anilines is 1. The number of benzene rings is 2. The van der Waals surface area contributed by atoms with Crippen LogP contribution in [0.4, 0.5) is 5.69 Å². The maximum atomic E-state index is 12.8. The second kappa shape index (κ2) is 5.99. The van der Waals surface area contributed by atoms with E-state index < -0.39 is 0 Å². The second-order valence-corrected chi connectivity index (χ2v) is 6.82. The molecule has 0 aromatic heterocycles. The average molecular weight is 337 g/mol. The van der Waals surface area contributed by atoms with E-state index in [1.165, 1.54) is 6.92 Å². The Balaban J connectivity index is 1.74. The Bertz CT molecular complexity index is 883. The standard InChI is InChI=1S/C20H19NO4/c1-12(23)25-19-10-18-16(15-4-2-3-5-17(15)19)6-7-21(18)20(24)14-8-13(9-14)11-22/h2-5,10-11,13-14H,6-9H2,1H3. The van der Waals surface area contributed by atoms with Gasteiger partial charge in [0.2, 0.25) is 5.91 Å². The van der Waals surface area contributed by atoms with Crippen LogP contribution in [0.5, 0.6) is 5.75 Å². The number of aldehydes is 1. The number of ether oxygens (including phenoxy) is 1. The van der Waals surface area contributed by atoms with Gasteiger partial charge in [-0.1, -0.05) is 24.3 Å². The molecule has 0 N–H and O–H groups in total. The minimum absolute atomic E-state index is 0.0178. The molecule has 128 valence electrons. The number of fused-ring (bicyclic) bond motifs is 3. The molecule has 0 unspecified atom stereocenters. The molecule has 0 saturated heterocycles. The highest BCUT2D eigenvalue weighted by atomic mass is 16.5. The van der Waals surface area contributed by atoms with Crippen molar-refractivity contribution in [3.63, 3.8) is 0 Å². The summed E-state index contributed by atoms with van der Waals surface area (Å²) >= 11 is 0. The number of carbonyl (C=O) groups excluding carboxylic acids is 3. The summed E-state index contributed by atoms with van der Waals surface area (Å²) in [5.41, 5.74) is 1.95. The van der Waals surface area contributed by atoms with Gasteiger partial charge in [-0.05, 0) is 30.2 Å². The smallest absolute Gasteiger partial charge is 0.308 e. The molecule has 1 fully saturated rings. The number of esters is 1. The summed E-state index contributed by atoms with van der Waals surface area (Å²) < 4.78 is 5.39. The van der Waals surface area contributed by atoms with Gasteiger partial charge in [0.05, 0.1) is 5.69 Å². The van der Waals surface area contributed by atoms with Crippen LogP contribution in [0.25, 0.3) is 10.8 Å². The van der Waals surface area contributed by atoms with Gasteiger partial charge in [-0.15, -0.1) is 0 Å². The van der Waals surface area contributed by atoms with Gasteiger partial charge in [0.15, 0.2) is 0 Å². The van der Waals surface area contributed by atoms with E-state index >= 15 is 0 Å². The molecule has 2 aromatic carbocycles. The molecule has 1 heterocycles. The normalized spacial score (nSPS) is 21.6. The molecule has 1 aliphatic heterocycles. The van der Waals surface area contributed by atoms with Gasteiger partial charge >= 0.3 is 5.97 Å². The van der Waals surface area contributed by atoms with Crippen molar-refractivity contribution in [2.75, 3.05) is 11.4 Å². The minimum atomic E-state index is -0.381. The fraction of sp³-hybridized carbons (Fsp3) is 0.350. The molecule has 1 aliphatic carbocycles. The predicted octanol–water partition coefficient (Wildman–Crippen LogP) is 2.88. The van der Waals surface area contributed by atoms with Crippen molar-refractivity contribution in [3.8, 4) is 5.75 Å². The van der Waals surface area contributed by atoms with E-state index in [4.69, 9.17) is 4.74 Å². The van der Waals surface area contributed by atoms with Crippen molar-refractivity contribution >= 4 is 34.6 Å². The Kier molecular flexibility index (Phi) is 3.79.